The van der Waals surface area contributed by atoms with E-state index in [2.05, 4.69) is 20.6 Å². The number of pyridine rings is 1. The summed E-state index contributed by atoms with van der Waals surface area (Å²) >= 11 is 1.47. The van der Waals surface area contributed by atoms with Gasteiger partial charge >= 0.3 is 6.18 Å². The Balaban J connectivity index is 1.97. The summed E-state index contributed by atoms with van der Waals surface area (Å²) in [4.78, 5) is 9.09. The number of methoxy groups -OCH3 is 1. The number of thiazole rings is 1. The molecule has 0 fully saturated rings. The average Bonchev–Trinajstić information content (AvgIpc) is 3.05. The minimum Gasteiger partial charge on any atom is -0.496 e. The highest BCUT2D eigenvalue weighted by Gasteiger charge is 2.26. The summed E-state index contributed by atoms with van der Waals surface area (Å²) in [6.07, 6.45) is -4.29. The number of anilines is 2. The highest BCUT2D eigenvalue weighted by molar-refractivity contribution is 7.14. The number of fused-ring (bicyclic) bond motifs is 1. The van der Waals surface area contributed by atoms with Crippen molar-refractivity contribution >= 4 is 33.1 Å². The first kappa shape index (κ1) is 19.2. The molecule has 3 rings (SSSR count). The number of hydrogen-bond donors (Lipinski definition) is 2. The van der Waals surface area contributed by atoms with Gasteiger partial charge in [0.05, 0.1) is 18.3 Å². The van der Waals surface area contributed by atoms with Crippen molar-refractivity contribution in [3.63, 3.8) is 0 Å². The number of rotatable bonds is 6. The van der Waals surface area contributed by atoms with Crippen molar-refractivity contribution in [2.24, 2.45) is 0 Å². The first-order chi connectivity index (χ1) is 12.7. The Morgan fingerprint density at radius 2 is 1.93 bits per heavy atom. The van der Waals surface area contributed by atoms with Crippen LogP contribution in [0.15, 0.2) is 29.6 Å². The molecule has 0 spiro atoms. The minimum absolute atomic E-state index is 0.255. The lowest BCUT2D eigenvalue weighted by Gasteiger charge is -2.12. The molecular weight excluding hydrogens is 377 g/mol. The number of nitrogens with one attached hydrogen (secondary N) is 2. The Morgan fingerprint density at radius 1 is 1.15 bits per heavy atom. The van der Waals surface area contributed by atoms with Crippen LogP contribution in [0, 0.1) is 0 Å². The molecule has 0 bridgehead atoms. The van der Waals surface area contributed by atoms with Gasteiger partial charge in [0.2, 0.25) is 0 Å². The Kier molecular flexibility index (Phi) is 5.41. The van der Waals surface area contributed by atoms with Crippen molar-refractivity contribution in [1.82, 2.24) is 9.97 Å². The number of nitrogens with zero attached hydrogens (tertiary/aromatic N) is 2. The number of ether oxygens (including phenoxy) is 1. The fourth-order valence-corrected chi connectivity index (χ4v) is 3.36. The zero-order valence-corrected chi connectivity index (χ0v) is 15.8. The zero-order valence-electron chi connectivity index (χ0n) is 15.0. The Morgan fingerprint density at radius 3 is 2.59 bits per heavy atom. The number of hydrogen-bond acceptors (Lipinski definition) is 6. The highest BCUT2D eigenvalue weighted by Crippen LogP contribution is 2.33. The van der Waals surface area contributed by atoms with Gasteiger partial charge in [-0.3, -0.25) is 0 Å². The third-order valence-corrected chi connectivity index (χ3v) is 4.44. The van der Waals surface area contributed by atoms with Gasteiger partial charge in [-0.25, -0.2) is 9.97 Å². The van der Waals surface area contributed by atoms with E-state index in [1.807, 2.05) is 19.2 Å². The van der Waals surface area contributed by atoms with Gasteiger partial charge in [-0.15, -0.1) is 11.3 Å². The van der Waals surface area contributed by atoms with Gasteiger partial charge in [0.25, 0.3) is 0 Å². The van der Waals surface area contributed by atoms with Crippen molar-refractivity contribution in [2.45, 2.75) is 26.1 Å². The molecule has 0 aliphatic rings. The van der Waals surface area contributed by atoms with Crippen molar-refractivity contribution in [3.05, 3.63) is 29.6 Å². The van der Waals surface area contributed by atoms with E-state index in [0.717, 1.165) is 10.5 Å². The van der Waals surface area contributed by atoms with Crippen molar-refractivity contribution in [3.8, 4) is 17.1 Å². The SMILES string of the molecule is COc1cc(-c2csc(NC(C)C)n2)nc2cc(NCC(F)(F)F)ccc12. The Labute approximate surface area is 158 Å². The van der Waals surface area contributed by atoms with Crippen LogP contribution in [0.25, 0.3) is 22.3 Å². The average molecular weight is 396 g/mol. The van der Waals surface area contributed by atoms with Crippen LogP contribution in [0.5, 0.6) is 5.75 Å². The molecule has 0 aliphatic heterocycles. The van der Waals surface area contributed by atoms with Crippen LogP contribution in [0.3, 0.4) is 0 Å². The number of aromatic nitrogens is 2. The van der Waals surface area contributed by atoms with Gasteiger partial charge in [-0.1, -0.05) is 0 Å². The second-order valence-corrected chi connectivity index (χ2v) is 7.11. The predicted octanol–water partition coefficient (Wildman–Crippen LogP) is 5.16. The van der Waals surface area contributed by atoms with Crippen molar-refractivity contribution < 1.29 is 17.9 Å². The molecule has 0 aliphatic carbocycles. The molecule has 1 aromatic carbocycles. The molecule has 2 N–H and O–H groups in total. The lowest BCUT2D eigenvalue weighted by atomic mass is 10.1. The van der Waals surface area contributed by atoms with Crippen molar-refractivity contribution in [2.75, 3.05) is 24.3 Å². The van der Waals surface area contributed by atoms with Crippen LogP contribution in [-0.2, 0) is 0 Å². The smallest absolute Gasteiger partial charge is 0.405 e. The molecule has 144 valence electrons. The van der Waals surface area contributed by atoms with Gasteiger partial charge in [0.15, 0.2) is 5.13 Å². The second-order valence-electron chi connectivity index (χ2n) is 6.25. The largest absolute Gasteiger partial charge is 0.496 e. The van der Waals surface area contributed by atoms with E-state index in [0.29, 0.717) is 28.3 Å². The fraction of sp³-hybridized carbons (Fsp3) is 0.333. The van der Waals surface area contributed by atoms with Gasteiger partial charge in [0, 0.05) is 28.6 Å². The van der Waals surface area contributed by atoms with Crippen LogP contribution < -0.4 is 15.4 Å². The molecule has 5 nitrogen and oxygen atoms in total. The van der Waals surface area contributed by atoms with E-state index < -0.39 is 12.7 Å². The van der Waals surface area contributed by atoms with Crippen LogP contribution in [0.4, 0.5) is 24.0 Å². The normalized spacial score (nSPS) is 11.8. The standard InChI is InChI=1S/C18H19F3N4OS/c1-10(2)23-17-25-15(8-27-17)14-7-16(26-3)12-5-4-11(6-13(12)24-14)22-9-18(19,20)21/h4-8,10,22H,9H2,1-3H3,(H,23,25). The Hall–Kier alpha value is -2.55. The van der Waals surface area contributed by atoms with E-state index in [4.69, 9.17) is 4.74 Å². The topological polar surface area (TPSA) is 59.1 Å². The quantitative estimate of drug-likeness (QED) is 0.603. The molecule has 2 aromatic heterocycles. The molecule has 0 atom stereocenters. The van der Waals surface area contributed by atoms with Gasteiger partial charge in [0.1, 0.15) is 18.0 Å². The molecule has 0 saturated heterocycles. The summed E-state index contributed by atoms with van der Waals surface area (Å²) < 4.78 is 42.8. The number of halogens is 3. The maximum Gasteiger partial charge on any atom is 0.405 e. The van der Waals surface area contributed by atoms with Crippen LogP contribution in [-0.4, -0.2) is 35.8 Å². The third-order valence-electron chi connectivity index (χ3n) is 3.66. The lowest BCUT2D eigenvalue weighted by molar-refractivity contribution is -0.115. The summed E-state index contributed by atoms with van der Waals surface area (Å²) in [6.45, 7) is 2.94. The molecular formula is C18H19F3N4OS. The van der Waals surface area contributed by atoms with Crippen LogP contribution in [0.1, 0.15) is 13.8 Å². The molecule has 0 unspecified atom stereocenters. The summed E-state index contributed by atoms with van der Waals surface area (Å²) in [6, 6.07) is 6.87. The van der Waals surface area contributed by atoms with E-state index in [9.17, 15) is 13.2 Å². The van der Waals surface area contributed by atoms with E-state index in [-0.39, 0.29) is 6.04 Å². The van der Waals surface area contributed by atoms with E-state index >= 15 is 0 Å². The summed E-state index contributed by atoms with van der Waals surface area (Å²) in [5, 5.41) is 8.98. The predicted molar refractivity (Wildman–Crippen MR) is 103 cm³/mol. The minimum atomic E-state index is -4.29. The summed E-state index contributed by atoms with van der Waals surface area (Å²) in [7, 11) is 1.54. The van der Waals surface area contributed by atoms with Crippen LogP contribution >= 0.6 is 11.3 Å². The number of alkyl halides is 3. The lowest BCUT2D eigenvalue weighted by Crippen LogP contribution is -2.21. The molecule has 27 heavy (non-hydrogen) atoms. The summed E-state index contributed by atoms with van der Waals surface area (Å²) in [5.74, 6) is 0.587. The monoisotopic (exact) mass is 396 g/mol. The summed E-state index contributed by atoms with van der Waals surface area (Å²) in [5.41, 5.74) is 2.15. The molecule has 0 radical (unpaired) electrons. The second kappa shape index (κ2) is 7.59. The first-order valence-corrected chi connectivity index (χ1v) is 9.15. The molecule has 9 heteroatoms. The molecule has 0 saturated carbocycles. The van der Waals surface area contributed by atoms with E-state index in [1.165, 1.54) is 11.3 Å². The van der Waals surface area contributed by atoms with Crippen LogP contribution in [0.2, 0.25) is 0 Å². The maximum absolute atomic E-state index is 12.4. The zero-order chi connectivity index (χ0) is 19.6. The molecule has 3 aromatic rings. The van der Waals surface area contributed by atoms with Gasteiger partial charge in [-0.05, 0) is 32.0 Å². The maximum atomic E-state index is 12.4. The highest BCUT2D eigenvalue weighted by atomic mass is 32.1. The third kappa shape index (κ3) is 4.79. The Bertz CT molecular complexity index is 940. The molecule has 0 amide bonds. The van der Waals surface area contributed by atoms with Gasteiger partial charge in [-0.2, -0.15) is 13.2 Å². The fourth-order valence-electron chi connectivity index (χ4n) is 2.51. The van der Waals surface area contributed by atoms with Crippen molar-refractivity contribution in [1.29, 1.82) is 0 Å². The van der Waals surface area contributed by atoms with E-state index in [1.54, 1.807) is 31.4 Å². The number of benzene rings is 1. The first-order valence-electron chi connectivity index (χ1n) is 8.27. The molecule has 2 heterocycles. The van der Waals surface area contributed by atoms with Gasteiger partial charge < -0.3 is 15.4 Å².